The zero-order chi connectivity index (χ0) is 10.1. The molecular weight excluding hydrogens is 185 g/mol. The van der Waals surface area contributed by atoms with E-state index >= 15 is 0 Å². The van der Waals surface area contributed by atoms with Gasteiger partial charge in [0, 0.05) is 6.20 Å². The molecule has 0 saturated carbocycles. The third-order valence-electron chi connectivity index (χ3n) is 2.71. The van der Waals surface area contributed by atoms with Gasteiger partial charge in [0.25, 0.3) is 0 Å². The fourth-order valence-corrected chi connectivity index (χ4v) is 2.03. The van der Waals surface area contributed by atoms with Crippen molar-refractivity contribution in [2.45, 2.75) is 32.1 Å². The molecule has 1 N–H and O–H groups in total. The monoisotopic (exact) mass is 199 g/mol. The Morgan fingerprint density at radius 3 is 3.00 bits per heavy atom. The van der Waals surface area contributed by atoms with Crippen molar-refractivity contribution in [2.75, 3.05) is 0 Å². The van der Waals surface area contributed by atoms with Gasteiger partial charge in [-0.25, -0.2) is 0 Å². The van der Waals surface area contributed by atoms with Gasteiger partial charge in [-0.1, -0.05) is 6.07 Å². The molecule has 3 nitrogen and oxygen atoms in total. The van der Waals surface area contributed by atoms with Gasteiger partial charge in [0.2, 0.25) is 0 Å². The Bertz CT molecular complexity index is 379. The number of carboxylic acids is 1. The first kappa shape index (κ1) is 12.3. The standard InChI is InChI=1S/C11H13NO2.Li.H/c1-7-5-8-3-2-4-9(11(13)14)10(8)12-6-7;;/h5-6,9H,2-4H2,1H3,(H,13,14);;. The first-order chi connectivity index (χ1) is 6.68. The van der Waals surface area contributed by atoms with Crippen molar-refractivity contribution in [3.63, 3.8) is 0 Å². The van der Waals surface area contributed by atoms with Gasteiger partial charge in [0.1, 0.15) is 0 Å². The molecule has 0 radical (unpaired) electrons. The molecule has 1 unspecified atom stereocenters. The van der Waals surface area contributed by atoms with Gasteiger partial charge in [-0.05, 0) is 37.3 Å². The van der Waals surface area contributed by atoms with Gasteiger partial charge >= 0.3 is 24.8 Å². The molecule has 1 atom stereocenters. The number of aromatic nitrogens is 1. The van der Waals surface area contributed by atoms with E-state index in [4.69, 9.17) is 5.11 Å². The molecule has 0 aliphatic heterocycles. The molecule has 1 aromatic rings. The minimum absolute atomic E-state index is 0. The summed E-state index contributed by atoms with van der Waals surface area (Å²) in [5, 5.41) is 9.01. The molecule has 0 fully saturated rings. The van der Waals surface area contributed by atoms with E-state index in [0.29, 0.717) is 0 Å². The van der Waals surface area contributed by atoms with Gasteiger partial charge in [-0.2, -0.15) is 0 Å². The van der Waals surface area contributed by atoms with Gasteiger partial charge in [0.05, 0.1) is 11.6 Å². The molecule has 1 heterocycles. The van der Waals surface area contributed by atoms with Gasteiger partial charge < -0.3 is 5.11 Å². The van der Waals surface area contributed by atoms with Crippen LogP contribution in [0.1, 0.15) is 35.6 Å². The summed E-state index contributed by atoms with van der Waals surface area (Å²) in [5.41, 5.74) is 2.99. The SMILES string of the molecule is Cc1cnc2c(c1)CCCC2C(=O)O.[LiH]. The minimum atomic E-state index is -0.748. The zero-order valence-corrected chi connectivity index (χ0v) is 8.16. The Morgan fingerprint density at radius 2 is 2.33 bits per heavy atom. The van der Waals surface area contributed by atoms with Crippen molar-refractivity contribution < 1.29 is 9.90 Å². The number of carboxylic acid groups (broad SMARTS) is 1. The van der Waals surface area contributed by atoms with E-state index < -0.39 is 5.97 Å². The third-order valence-corrected chi connectivity index (χ3v) is 2.71. The number of rotatable bonds is 1. The van der Waals surface area contributed by atoms with Crippen LogP contribution in [0.3, 0.4) is 0 Å². The summed E-state index contributed by atoms with van der Waals surface area (Å²) < 4.78 is 0. The van der Waals surface area contributed by atoms with Crippen molar-refractivity contribution in [3.05, 3.63) is 29.1 Å². The Kier molecular flexibility index (Phi) is 3.95. The Balaban J connectivity index is 0.00000112. The molecule has 0 amide bonds. The van der Waals surface area contributed by atoms with E-state index in [-0.39, 0.29) is 24.8 Å². The summed E-state index contributed by atoms with van der Waals surface area (Å²) in [5.74, 6) is -1.14. The Hall–Kier alpha value is -0.783. The maximum atomic E-state index is 11.0. The molecule has 15 heavy (non-hydrogen) atoms. The van der Waals surface area contributed by atoms with Gasteiger partial charge in [0.15, 0.2) is 0 Å². The summed E-state index contributed by atoms with van der Waals surface area (Å²) in [6.07, 6.45) is 4.39. The fourth-order valence-electron chi connectivity index (χ4n) is 2.03. The normalized spacial score (nSPS) is 18.9. The van der Waals surface area contributed by atoms with Crippen molar-refractivity contribution in [2.24, 2.45) is 0 Å². The van der Waals surface area contributed by atoms with Gasteiger partial charge in [-0.15, -0.1) is 0 Å². The molecule has 1 aliphatic carbocycles. The van der Waals surface area contributed by atoms with Crippen LogP contribution in [-0.2, 0) is 11.2 Å². The van der Waals surface area contributed by atoms with Crippen LogP contribution >= 0.6 is 0 Å². The van der Waals surface area contributed by atoms with Crippen LogP contribution < -0.4 is 0 Å². The van der Waals surface area contributed by atoms with E-state index in [9.17, 15) is 4.79 Å². The van der Waals surface area contributed by atoms with E-state index in [1.165, 1.54) is 0 Å². The quantitative estimate of drug-likeness (QED) is 0.692. The molecular formula is C11H14LiNO2. The van der Waals surface area contributed by atoms with Crippen molar-refractivity contribution in [1.82, 2.24) is 4.98 Å². The third kappa shape index (κ3) is 2.42. The van der Waals surface area contributed by atoms with Gasteiger partial charge in [-0.3, -0.25) is 9.78 Å². The van der Waals surface area contributed by atoms with Crippen molar-refractivity contribution in [1.29, 1.82) is 0 Å². The average molecular weight is 199 g/mol. The van der Waals surface area contributed by atoms with Crippen LogP contribution in [-0.4, -0.2) is 34.9 Å². The summed E-state index contributed by atoms with van der Waals surface area (Å²) in [4.78, 5) is 15.2. The fraction of sp³-hybridized carbons (Fsp3) is 0.455. The van der Waals surface area contributed by atoms with E-state index in [0.717, 1.165) is 36.1 Å². The van der Waals surface area contributed by atoms with Crippen LogP contribution in [0.2, 0.25) is 0 Å². The number of pyridine rings is 1. The number of nitrogens with zero attached hydrogens (tertiary/aromatic N) is 1. The number of hydrogen-bond acceptors (Lipinski definition) is 2. The zero-order valence-electron chi connectivity index (χ0n) is 8.16. The molecule has 0 bridgehead atoms. The first-order valence-electron chi connectivity index (χ1n) is 4.86. The van der Waals surface area contributed by atoms with Crippen LogP contribution in [0, 0.1) is 6.92 Å². The number of hydrogen-bond donors (Lipinski definition) is 1. The molecule has 4 heteroatoms. The van der Waals surface area contributed by atoms with Crippen LogP contribution in [0.5, 0.6) is 0 Å². The number of aryl methyl sites for hydroxylation is 2. The summed E-state index contributed by atoms with van der Waals surface area (Å²) in [6.45, 7) is 1.98. The number of aliphatic carboxylic acids is 1. The average Bonchev–Trinajstić information content (AvgIpc) is 2.16. The van der Waals surface area contributed by atoms with E-state index in [2.05, 4.69) is 11.1 Å². The second-order valence-corrected chi connectivity index (χ2v) is 3.84. The van der Waals surface area contributed by atoms with Crippen LogP contribution in [0.15, 0.2) is 12.3 Å². The second kappa shape index (κ2) is 4.83. The molecule has 76 valence electrons. The molecule has 1 aliphatic rings. The number of fused-ring (bicyclic) bond motifs is 1. The number of carbonyl (C=O) groups is 1. The maximum absolute atomic E-state index is 11.0. The molecule has 0 saturated heterocycles. The Labute approximate surface area is 101 Å². The summed E-state index contributed by atoms with van der Waals surface area (Å²) in [7, 11) is 0. The van der Waals surface area contributed by atoms with E-state index in [1.54, 1.807) is 6.20 Å². The van der Waals surface area contributed by atoms with Crippen LogP contribution in [0.25, 0.3) is 0 Å². The molecule has 2 rings (SSSR count). The molecule has 1 aromatic heterocycles. The first-order valence-corrected chi connectivity index (χ1v) is 4.86. The summed E-state index contributed by atoms with van der Waals surface area (Å²) >= 11 is 0. The Morgan fingerprint density at radius 1 is 1.60 bits per heavy atom. The predicted molar refractivity (Wildman–Crippen MR) is 59.4 cm³/mol. The second-order valence-electron chi connectivity index (χ2n) is 3.84. The topological polar surface area (TPSA) is 50.2 Å². The predicted octanol–water partition coefficient (Wildman–Crippen LogP) is 1.25. The van der Waals surface area contributed by atoms with Crippen molar-refractivity contribution in [3.8, 4) is 0 Å². The molecule has 0 spiro atoms. The summed E-state index contributed by atoms with van der Waals surface area (Å²) in [6, 6.07) is 2.05. The van der Waals surface area contributed by atoms with Crippen LogP contribution in [0.4, 0.5) is 0 Å². The van der Waals surface area contributed by atoms with E-state index in [1.807, 2.05) is 6.92 Å². The molecule has 0 aromatic carbocycles. The van der Waals surface area contributed by atoms with Crippen molar-refractivity contribution >= 4 is 24.8 Å².